The average Bonchev–Trinajstić information content (AvgIpc) is 3.03. The van der Waals surface area contributed by atoms with Crippen molar-refractivity contribution in [2.45, 2.75) is 33.1 Å². The maximum absolute atomic E-state index is 13.3. The predicted molar refractivity (Wildman–Crippen MR) is 111 cm³/mol. The summed E-state index contributed by atoms with van der Waals surface area (Å²) in [5.74, 6) is 0.862. The van der Waals surface area contributed by atoms with Gasteiger partial charge in [0.25, 0.3) is 5.91 Å². The Morgan fingerprint density at radius 3 is 2.69 bits per heavy atom. The molecule has 0 saturated carbocycles. The van der Waals surface area contributed by atoms with Gasteiger partial charge in [-0.2, -0.15) is 5.10 Å². The van der Waals surface area contributed by atoms with Gasteiger partial charge in [0.2, 0.25) is 5.91 Å². The van der Waals surface area contributed by atoms with Crippen molar-refractivity contribution in [3.8, 4) is 5.82 Å². The fourth-order valence-electron chi connectivity index (χ4n) is 3.70. The Hall–Kier alpha value is -2.74. The molecule has 1 N–H and O–H groups in total. The number of nitrogens with zero attached hydrogens (tertiary/aromatic N) is 5. The molecule has 1 fully saturated rings. The number of carbonyl (C=O) groups is 2. The fraction of sp³-hybridized carbons (Fsp3) is 0.524. The Kier molecular flexibility index (Phi) is 6.98. The number of likely N-dealkylation sites (N-methyl/N-ethyl adjacent to an activating group) is 1. The van der Waals surface area contributed by atoms with Crippen LogP contribution in [0.5, 0.6) is 0 Å². The molecule has 2 aromatic rings. The first-order valence-corrected chi connectivity index (χ1v) is 10.3. The zero-order chi connectivity index (χ0) is 20.8. The summed E-state index contributed by atoms with van der Waals surface area (Å²) in [4.78, 5) is 33.5. The van der Waals surface area contributed by atoms with Crippen molar-refractivity contribution >= 4 is 11.8 Å². The van der Waals surface area contributed by atoms with Gasteiger partial charge in [-0.15, -0.1) is 0 Å². The van der Waals surface area contributed by atoms with Gasteiger partial charge in [-0.3, -0.25) is 14.5 Å². The van der Waals surface area contributed by atoms with Gasteiger partial charge in [-0.05, 0) is 31.4 Å². The molecule has 29 heavy (non-hydrogen) atoms. The van der Waals surface area contributed by atoms with E-state index in [2.05, 4.69) is 34.1 Å². The van der Waals surface area contributed by atoms with Crippen LogP contribution in [0.1, 0.15) is 49.2 Å². The van der Waals surface area contributed by atoms with E-state index in [1.165, 1.54) is 0 Å². The van der Waals surface area contributed by atoms with Crippen LogP contribution in [0.25, 0.3) is 5.82 Å². The third-order valence-electron chi connectivity index (χ3n) is 5.07. The van der Waals surface area contributed by atoms with Crippen LogP contribution in [0.3, 0.4) is 0 Å². The Morgan fingerprint density at radius 1 is 1.17 bits per heavy atom. The topological polar surface area (TPSA) is 83.4 Å². The standard InChI is InChI=1S/C21H30N6O2/c1-4-22-19(28)15-25-10-7-11-26(13-12-25)21(29)17-14-24-27(20(17)16(2)3)18-8-5-6-9-23-18/h5-6,8-9,14,16H,4,7,10-13,15H2,1-3H3,(H,22,28). The Morgan fingerprint density at radius 2 is 2.00 bits per heavy atom. The van der Waals surface area contributed by atoms with E-state index in [-0.39, 0.29) is 17.7 Å². The molecule has 1 aliphatic rings. The minimum absolute atomic E-state index is 0.00394. The second-order valence-corrected chi connectivity index (χ2v) is 7.57. The summed E-state index contributed by atoms with van der Waals surface area (Å²) in [7, 11) is 0. The Labute approximate surface area is 171 Å². The lowest BCUT2D eigenvalue weighted by molar-refractivity contribution is -0.122. The van der Waals surface area contributed by atoms with Gasteiger partial charge in [0.15, 0.2) is 5.82 Å². The van der Waals surface area contributed by atoms with Gasteiger partial charge >= 0.3 is 0 Å². The van der Waals surface area contributed by atoms with Crippen LogP contribution in [0, 0.1) is 0 Å². The van der Waals surface area contributed by atoms with Crippen LogP contribution in [-0.2, 0) is 4.79 Å². The summed E-state index contributed by atoms with van der Waals surface area (Å²) in [6, 6.07) is 5.66. The number of hydrogen-bond donors (Lipinski definition) is 1. The number of nitrogens with one attached hydrogen (secondary N) is 1. The lowest BCUT2D eigenvalue weighted by Crippen LogP contribution is -2.40. The van der Waals surface area contributed by atoms with Crippen molar-refractivity contribution < 1.29 is 9.59 Å². The molecule has 156 valence electrons. The number of carbonyl (C=O) groups excluding carboxylic acids is 2. The fourth-order valence-corrected chi connectivity index (χ4v) is 3.70. The first-order chi connectivity index (χ1) is 14.0. The zero-order valence-corrected chi connectivity index (χ0v) is 17.5. The molecule has 0 bridgehead atoms. The van der Waals surface area contributed by atoms with Crippen LogP contribution in [0.2, 0.25) is 0 Å². The van der Waals surface area contributed by atoms with Crippen molar-refractivity contribution in [2.75, 3.05) is 39.3 Å². The summed E-state index contributed by atoms with van der Waals surface area (Å²) < 4.78 is 1.76. The third-order valence-corrected chi connectivity index (χ3v) is 5.07. The highest BCUT2D eigenvalue weighted by Gasteiger charge is 2.27. The minimum atomic E-state index is -0.00394. The SMILES string of the molecule is CCNC(=O)CN1CCCN(C(=O)c2cnn(-c3ccccn3)c2C(C)C)CC1. The molecule has 2 aromatic heterocycles. The Balaban J connectivity index is 1.75. The minimum Gasteiger partial charge on any atom is -0.355 e. The molecule has 0 spiro atoms. The highest BCUT2D eigenvalue weighted by Crippen LogP contribution is 2.24. The van der Waals surface area contributed by atoms with E-state index in [9.17, 15) is 9.59 Å². The maximum Gasteiger partial charge on any atom is 0.257 e. The smallest absolute Gasteiger partial charge is 0.257 e. The molecule has 3 rings (SSSR count). The zero-order valence-electron chi connectivity index (χ0n) is 17.5. The number of aromatic nitrogens is 3. The number of rotatable bonds is 6. The second kappa shape index (κ2) is 9.65. The van der Waals surface area contributed by atoms with Crippen molar-refractivity contribution in [3.63, 3.8) is 0 Å². The molecule has 2 amide bonds. The number of hydrogen-bond acceptors (Lipinski definition) is 5. The van der Waals surface area contributed by atoms with Crippen molar-refractivity contribution in [2.24, 2.45) is 0 Å². The largest absolute Gasteiger partial charge is 0.355 e. The van der Waals surface area contributed by atoms with E-state index in [4.69, 9.17) is 0 Å². The van der Waals surface area contributed by atoms with E-state index >= 15 is 0 Å². The summed E-state index contributed by atoms with van der Waals surface area (Å²) in [6.07, 6.45) is 4.22. The van der Waals surface area contributed by atoms with Crippen LogP contribution >= 0.6 is 0 Å². The molecule has 1 saturated heterocycles. The lowest BCUT2D eigenvalue weighted by atomic mass is 10.0. The summed E-state index contributed by atoms with van der Waals surface area (Å²) in [5, 5.41) is 7.30. The molecule has 1 aliphatic heterocycles. The summed E-state index contributed by atoms with van der Waals surface area (Å²) in [5.41, 5.74) is 1.50. The van der Waals surface area contributed by atoms with Crippen molar-refractivity contribution in [1.29, 1.82) is 0 Å². The first-order valence-electron chi connectivity index (χ1n) is 10.3. The van der Waals surface area contributed by atoms with Gasteiger partial charge in [-0.25, -0.2) is 9.67 Å². The summed E-state index contributed by atoms with van der Waals surface area (Å²) in [6.45, 7) is 9.83. The molecule has 0 unspecified atom stereocenters. The van der Waals surface area contributed by atoms with Crippen LogP contribution in [-0.4, -0.2) is 75.6 Å². The van der Waals surface area contributed by atoms with Gasteiger partial charge in [0, 0.05) is 38.9 Å². The van der Waals surface area contributed by atoms with E-state index in [1.807, 2.05) is 30.0 Å². The molecule has 0 aliphatic carbocycles. The van der Waals surface area contributed by atoms with Crippen LogP contribution in [0.4, 0.5) is 0 Å². The van der Waals surface area contributed by atoms with Gasteiger partial charge in [0.05, 0.1) is 24.0 Å². The normalized spacial score (nSPS) is 15.4. The van der Waals surface area contributed by atoms with Gasteiger partial charge in [-0.1, -0.05) is 19.9 Å². The summed E-state index contributed by atoms with van der Waals surface area (Å²) >= 11 is 0. The average molecular weight is 399 g/mol. The van der Waals surface area contributed by atoms with Gasteiger partial charge in [0.1, 0.15) is 0 Å². The molecular weight excluding hydrogens is 368 g/mol. The highest BCUT2D eigenvalue weighted by atomic mass is 16.2. The first kappa shape index (κ1) is 21.0. The molecule has 0 atom stereocenters. The molecule has 0 aromatic carbocycles. The van der Waals surface area contributed by atoms with Crippen molar-refractivity contribution in [1.82, 2.24) is 29.9 Å². The van der Waals surface area contributed by atoms with E-state index in [1.54, 1.807) is 17.1 Å². The second-order valence-electron chi connectivity index (χ2n) is 7.57. The monoisotopic (exact) mass is 398 g/mol. The van der Waals surface area contributed by atoms with Crippen molar-refractivity contribution in [3.05, 3.63) is 41.9 Å². The quantitative estimate of drug-likeness (QED) is 0.800. The van der Waals surface area contributed by atoms with E-state index < -0.39 is 0 Å². The molecule has 8 nitrogen and oxygen atoms in total. The van der Waals surface area contributed by atoms with Gasteiger partial charge < -0.3 is 10.2 Å². The van der Waals surface area contributed by atoms with E-state index in [0.29, 0.717) is 44.1 Å². The molecule has 3 heterocycles. The molecular formula is C21H30N6O2. The van der Waals surface area contributed by atoms with Crippen LogP contribution < -0.4 is 5.32 Å². The number of pyridine rings is 1. The Bertz CT molecular complexity index is 833. The molecule has 8 heteroatoms. The van der Waals surface area contributed by atoms with Crippen LogP contribution in [0.15, 0.2) is 30.6 Å². The third kappa shape index (κ3) is 5.00. The predicted octanol–water partition coefficient (Wildman–Crippen LogP) is 1.67. The number of amides is 2. The highest BCUT2D eigenvalue weighted by molar-refractivity contribution is 5.95. The van der Waals surface area contributed by atoms with E-state index in [0.717, 1.165) is 18.7 Å². The lowest BCUT2D eigenvalue weighted by Gasteiger charge is -2.22. The maximum atomic E-state index is 13.3. The molecule has 0 radical (unpaired) electrons.